The number of benzene rings is 2. The van der Waals surface area contributed by atoms with Crippen molar-refractivity contribution in [2.75, 3.05) is 14.2 Å². The Morgan fingerprint density at radius 3 is 2.58 bits per heavy atom. The van der Waals surface area contributed by atoms with E-state index in [4.69, 9.17) is 14.6 Å². The average Bonchev–Trinajstić information content (AvgIpc) is 3.76. The monoisotopic (exact) mass is 613 g/mol. The van der Waals surface area contributed by atoms with E-state index in [-0.39, 0.29) is 17.0 Å². The molecule has 0 unspecified atom stereocenters. The molecule has 5 aromatic rings. The fourth-order valence-electron chi connectivity index (χ4n) is 4.96. The molecule has 6 rings (SSSR count). The van der Waals surface area contributed by atoms with Crippen LogP contribution in [0.5, 0.6) is 5.75 Å². The minimum Gasteiger partial charge on any atom is -0.490 e. The number of allylic oxidation sites excluding steroid dienone is 1. The zero-order chi connectivity index (χ0) is 30.2. The van der Waals surface area contributed by atoms with Gasteiger partial charge >= 0.3 is 11.7 Å². The molecule has 4 heterocycles. The summed E-state index contributed by atoms with van der Waals surface area (Å²) in [7, 11) is 2.67. The van der Waals surface area contributed by atoms with E-state index in [1.165, 1.54) is 53.6 Å². The fraction of sp³-hybridized carbons (Fsp3) is 0.133. The Morgan fingerprint density at radius 1 is 1.12 bits per heavy atom. The quantitative estimate of drug-likeness (QED) is 0.152. The second-order valence-electron chi connectivity index (χ2n) is 9.45. The number of ether oxygens (including phenoxy) is 2. The summed E-state index contributed by atoms with van der Waals surface area (Å²) in [5.74, 6) is -0.432. The summed E-state index contributed by atoms with van der Waals surface area (Å²) in [6.45, 7) is 1.72. The summed E-state index contributed by atoms with van der Waals surface area (Å²) in [6.07, 6.45) is 3.46. The van der Waals surface area contributed by atoms with Crippen molar-refractivity contribution in [2.45, 2.75) is 13.0 Å². The molecule has 0 aliphatic carbocycles. The lowest BCUT2D eigenvalue weighted by molar-refractivity contribution is -0.385. The van der Waals surface area contributed by atoms with Crippen LogP contribution in [0.25, 0.3) is 23.0 Å². The van der Waals surface area contributed by atoms with Crippen molar-refractivity contribution in [1.82, 2.24) is 14.3 Å². The van der Waals surface area contributed by atoms with Gasteiger partial charge in [-0.25, -0.2) is 14.5 Å². The number of nitro groups is 1. The second kappa shape index (κ2) is 11.3. The average molecular weight is 614 g/mol. The van der Waals surface area contributed by atoms with Gasteiger partial charge in [-0.05, 0) is 48.7 Å². The van der Waals surface area contributed by atoms with Crippen molar-refractivity contribution < 1.29 is 19.2 Å². The summed E-state index contributed by atoms with van der Waals surface area (Å²) in [4.78, 5) is 44.0. The molecule has 11 nitrogen and oxygen atoms in total. The van der Waals surface area contributed by atoms with Gasteiger partial charge in [0.05, 0.1) is 40.6 Å². The topological polar surface area (TPSA) is 131 Å². The number of nitrogens with zero attached hydrogens (tertiary/aromatic N) is 5. The van der Waals surface area contributed by atoms with Crippen LogP contribution in [-0.2, 0) is 9.53 Å². The standard InChI is InChI=1S/C30H23N5O6S2/c1-17-25(29(37)41-3)27(23-10-7-13-42-23)34-28(36)24(43-30(34)31-17)15-19-16-33(20-8-5-4-6-9-20)32-26(19)18-11-12-22(40-2)21(14-18)35(38)39/h4-16,27H,1-3H3/b24-15+/t27-/m1/s1. The van der Waals surface area contributed by atoms with E-state index in [9.17, 15) is 19.7 Å². The van der Waals surface area contributed by atoms with Crippen LogP contribution in [-0.4, -0.2) is 39.5 Å². The van der Waals surface area contributed by atoms with Crippen LogP contribution in [0.1, 0.15) is 23.4 Å². The number of methoxy groups -OCH3 is 2. The molecule has 0 spiro atoms. The van der Waals surface area contributed by atoms with E-state index in [0.29, 0.717) is 37.4 Å². The van der Waals surface area contributed by atoms with E-state index < -0.39 is 16.9 Å². The van der Waals surface area contributed by atoms with E-state index in [0.717, 1.165) is 10.6 Å². The second-order valence-corrected chi connectivity index (χ2v) is 11.4. The minimum absolute atomic E-state index is 0.122. The third-order valence-corrected chi connectivity index (χ3v) is 8.85. The summed E-state index contributed by atoms with van der Waals surface area (Å²) in [5, 5.41) is 18.4. The van der Waals surface area contributed by atoms with E-state index in [1.807, 2.05) is 47.8 Å². The highest BCUT2D eigenvalue weighted by Crippen LogP contribution is 2.35. The number of para-hydroxylation sites is 1. The fourth-order valence-corrected chi connectivity index (χ4v) is 6.82. The minimum atomic E-state index is -0.693. The predicted molar refractivity (Wildman–Crippen MR) is 162 cm³/mol. The molecule has 0 bridgehead atoms. The molecule has 2 aromatic carbocycles. The largest absolute Gasteiger partial charge is 0.490 e. The van der Waals surface area contributed by atoms with Crippen molar-refractivity contribution in [3.8, 4) is 22.7 Å². The van der Waals surface area contributed by atoms with Crippen LogP contribution >= 0.6 is 22.7 Å². The lowest BCUT2D eigenvalue weighted by atomic mass is 10.0. The highest BCUT2D eigenvalue weighted by atomic mass is 32.1. The summed E-state index contributed by atoms with van der Waals surface area (Å²) in [6, 6.07) is 17.0. The number of aromatic nitrogens is 3. The number of nitro benzene ring substituents is 1. The number of rotatable bonds is 7. The number of thiazole rings is 1. The maximum absolute atomic E-state index is 14.0. The van der Waals surface area contributed by atoms with Crippen molar-refractivity contribution in [1.29, 1.82) is 0 Å². The van der Waals surface area contributed by atoms with Crippen LogP contribution in [0.3, 0.4) is 0 Å². The van der Waals surface area contributed by atoms with Crippen LogP contribution < -0.4 is 19.6 Å². The Bertz CT molecular complexity index is 2090. The number of carbonyl (C=O) groups excluding carboxylic acids is 1. The molecule has 13 heteroatoms. The molecular formula is C30H23N5O6S2. The summed E-state index contributed by atoms with van der Waals surface area (Å²) < 4.78 is 13.8. The molecule has 0 amide bonds. The predicted octanol–water partition coefficient (Wildman–Crippen LogP) is 4.24. The molecule has 0 radical (unpaired) electrons. The summed E-state index contributed by atoms with van der Waals surface area (Å²) in [5.41, 5.74) is 2.46. The Hall–Kier alpha value is -5.14. The lowest BCUT2D eigenvalue weighted by Gasteiger charge is -2.22. The van der Waals surface area contributed by atoms with Crippen molar-refractivity contribution in [3.05, 3.63) is 124 Å². The smallest absolute Gasteiger partial charge is 0.338 e. The van der Waals surface area contributed by atoms with Gasteiger partial charge in [-0.15, -0.1) is 11.3 Å². The Labute approximate surface area is 252 Å². The van der Waals surface area contributed by atoms with Crippen LogP contribution in [0, 0.1) is 10.1 Å². The van der Waals surface area contributed by atoms with Gasteiger partial charge in [0.15, 0.2) is 10.6 Å². The summed E-state index contributed by atoms with van der Waals surface area (Å²) >= 11 is 2.62. The van der Waals surface area contributed by atoms with Crippen LogP contribution in [0.4, 0.5) is 5.69 Å². The first kappa shape index (κ1) is 28.0. The number of carbonyl (C=O) groups is 1. The number of thiophene rings is 1. The molecule has 0 saturated heterocycles. The maximum atomic E-state index is 14.0. The zero-order valence-corrected chi connectivity index (χ0v) is 24.7. The molecule has 43 heavy (non-hydrogen) atoms. The number of hydrogen-bond acceptors (Lipinski definition) is 10. The van der Waals surface area contributed by atoms with Crippen LogP contribution in [0.2, 0.25) is 0 Å². The Kier molecular flexibility index (Phi) is 7.34. The maximum Gasteiger partial charge on any atom is 0.338 e. The van der Waals surface area contributed by atoms with E-state index in [1.54, 1.807) is 29.9 Å². The van der Waals surface area contributed by atoms with Gasteiger partial charge in [-0.2, -0.15) is 5.10 Å². The van der Waals surface area contributed by atoms with Gasteiger partial charge in [0.25, 0.3) is 5.56 Å². The Morgan fingerprint density at radius 2 is 1.91 bits per heavy atom. The van der Waals surface area contributed by atoms with E-state index >= 15 is 0 Å². The number of hydrogen-bond donors (Lipinski definition) is 0. The van der Waals surface area contributed by atoms with Crippen molar-refractivity contribution >= 4 is 40.4 Å². The molecule has 0 N–H and O–H groups in total. The van der Waals surface area contributed by atoms with E-state index in [2.05, 4.69) is 4.99 Å². The normalized spacial score (nSPS) is 14.8. The molecular weight excluding hydrogens is 590 g/mol. The van der Waals surface area contributed by atoms with Gasteiger partial charge in [0.1, 0.15) is 11.7 Å². The highest BCUT2D eigenvalue weighted by molar-refractivity contribution is 7.10. The highest BCUT2D eigenvalue weighted by Gasteiger charge is 2.33. The first-order valence-corrected chi connectivity index (χ1v) is 14.6. The molecule has 0 saturated carbocycles. The molecule has 0 fully saturated rings. The van der Waals surface area contributed by atoms with Gasteiger partial charge in [0.2, 0.25) is 0 Å². The first-order chi connectivity index (χ1) is 20.8. The van der Waals surface area contributed by atoms with Crippen molar-refractivity contribution in [3.63, 3.8) is 0 Å². The molecule has 1 aliphatic heterocycles. The lowest BCUT2D eigenvalue weighted by Crippen LogP contribution is -2.39. The Balaban J connectivity index is 1.58. The molecule has 3 aromatic heterocycles. The van der Waals surface area contributed by atoms with Gasteiger partial charge in [-0.1, -0.05) is 35.6 Å². The molecule has 216 valence electrons. The number of fused-ring (bicyclic) bond motifs is 1. The van der Waals surface area contributed by atoms with Crippen LogP contribution in [0.15, 0.2) is 93.3 Å². The first-order valence-electron chi connectivity index (χ1n) is 12.9. The van der Waals surface area contributed by atoms with Gasteiger partial charge in [0, 0.05) is 28.3 Å². The third-order valence-electron chi connectivity index (χ3n) is 6.94. The molecule has 1 aliphatic rings. The SMILES string of the molecule is COC(=O)C1=C(C)N=c2s/c(=C/c3cn(-c4ccccc4)nc3-c3ccc(OC)c([N+](=O)[O-])c3)c(=O)n2[C@@H]1c1cccs1. The van der Waals surface area contributed by atoms with Gasteiger partial charge < -0.3 is 9.47 Å². The number of esters is 1. The molecule has 1 atom stereocenters. The van der Waals surface area contributed by atoms with Gasteiger partial charge in [-0.3, -0.25) is 19.5 Å². The third kappa shape index (κ3) is 4.98. The van der Waals surface area contributed by atoms with Crippen molar-refractivity contribution in [2.24, 2.45) is 4.99 Å². The zero-order valence-electron chi connectivity index (χ0n) is 23.1.